The summed E-state index contributed by atoms with van der Waals surface area (Å²) in [6.45, 7) is 1.83. The second-order valence-electron chi connectivity index (χ2n) is 3.82. The number of rotatable bonds is 3. The smallest absolute Gasteiger partial charge is 0.302 e. The Balaban J connectivity index is 2.08. The highest BCUT2D eigenvalue weighted by Gasteiger charge is 2.34. The maximum atomic E-state index is 10.7. The van der Waals surface area contributed by atoms with Crippen LogP contribution in [-0.4, -0.2) is 24.3 Å². The summed E-state index contributed by atoms with van der Waals surface area (Å²) in [4.78, 5) is 10.7. The van der Waals surface area contributed by atoms with Gasteiger partial charge in [-0.05, 0) is 17.6 Å². The van der Waals surface area contributed by atoms with Crippen LogP contribution in [0.2, 0.25) is 0 Å². The molecule has 2 bridgehead atoms. The highest BCUT2D eigenvalue weighted by molar-refractivity contribution is 5.66. The highest BCUT2D eigenvalue weighted by Crippen LogP contribution is 2.43. The van der Waals surface area contributed by atoms with Gasteiger partial charge in [-0.2, -0.15) is 0 Å². The molecule has 3 nitrogen and oxygen atoms in total. The molecule has 0 aliphatic heterocycles. The van der Waals surface area contributed by atoms with Crippen LogP contribution in [0.15, 0.2) is 23.3 Å². The minimum absolute atomic E-state index is 0.0854. The van der Waals surface area contributed by atoms with Gasteiger partial charge in [-0.1, -0.05) is 12.2 Å². The molecule has 0 unspecified atom stereocenters. The van der Waals surface area contributed by atoms with E-state index in [9.17, 15) is 9.90 Å². The predicted octanol–water partition coefficient (Wildman–Crippen LogP) is 1.04. The first-order valence-electron chi connectivity index (χ1n) is 4.86. The Morgan fingerprint density at radius 2 is 2.14 bits per heavy atom. The molecule has 76 valence electrons. The van der Waals surface area contributed by atoms with Crippen LogP contribution in [-0.2, 0) is 9.53 Å². The minimum atomic E-state index is -0.262. The Morgan fingerprint density at radius 1 is 1.50 bits per heavy atom. The second-order valence-corrected chi connectivity index (χ2v) is 3.82. The molecule has 14 heavy (non-hydrogen) atoms. The third kappa shape index (κ3) is 1.48. The van der Waals surface area contributed by atoms with Gasteiger partial charge in [0.05, 0.1) is 6.61 Å². The average molecular weight is 194 g/mol. The van der Waals surface area contributed by atoms with E-state index in [4.69, 9.17) is 4.74 Å². The maximum Gasteiger partial charge on any atom is 0.302 e. The zero-order chi connectivity index (χ0) is 10.1. The zero-order valence-electron chi connectivity index (χ0n) is 8.19. The number of ether oxygens (including phenoxy) is 1. The van der Waals surface area contributed by atoms with Crippen molar-refractivity contribution < 1.29 is 14.6 Å². The molecule has 2 aliphatic carbocycles. The second kappa shape index (κ2) is 3.58. The summed E-state index contributed by atoms with van der Waals surface area (Å²) in [6.07, 6.45) is 5.32. The molecule has 0 amide bonds. The molecule has 3 heteroatoms. The van der Waals surface area contributed by atoms with Crippen LogP contribution in [0.4, 0.5) is 0 Å². The van der Waals surface area contributed by atoms with Crippen molar-refractivity contribution in [1.29, 1.82) is 0 Å². The van der Waals surface area contributed by atoms with Gasteiger partial charge in [0.2, 0.25) is 0 Å². The first kappa shape index (κ1) is 9.46. The minimum Gasteiger partial charge on any atom is -0.461 e. The van der Waals surface area contributed by atoms with E-state index in [1.807, 2.05) is 0 Å². The van der Waals surface area contributed by atoms with Crippen molar-refractivity contribution in [3.8, 4) is 0 Å². The first-order valence-corrected chi connectivity index (χ1v) is 4.86. The standard InChI is InChI=1S/C11H14O3/c1-7(13)14-6-11-9-3-2-8(4-9)10(11)5-12/h2-3,8-9,12H,4-6H2,1H3/t8-,9+/m0/s1. The van der Waals surface area contributed by atoms with Gasteiger partial charge in [0, 0.05) is 18.8 Å². The lowest BCUT2D eigenvalue weighted by atomic mass is 9.98. The Labute approximate surface area is 83.1 Å². The fraction of sp³-hybridized carbons (Fsp3) is 0.545. The number of esters is 1. The van der Waals surface area contributed by atoms with Crippen LogP contribution in [0.1, 0.15) is 13.3 Å². The Kier molecular flexibility index (Phi) is 2.42. The van der Waals surface area contributed by atoms with E-state index in [0.717, 1.165) is 17.6 Å². The third-order valence-corrected chi connectivity index (χ3v) is 2.99. The number of hydrogen-bond acceptors (Lipinski definition) is 3. The monoisotopic (exact) mass is 194 g/mol. The van der Waals surface area contributed by atoms with Crippen LogP contribution in [0.5, 0.6) is 0 Å². The predicted molar refractivity (Wildman–Crippen MR) is 51.5 cm³/mol. The lowest BCUT2D eigenvalue weighted by molar-refractivity contribution is -0.140. The Hall–Kier alpha value is -1.09. The average Bonchev–Trinajstić information content (AvgIpc) is 2.72. The summed E-state index contributed by atoms with van der Waals surface area (Å²) in [5.74, 6) is 0.513. The van der Waals surface area contributed by atoms with E-state index in [2.05, 4.69) is 12.2 Å². The quantitative estimate of drug-likeness (QED) is 0.539. The summed E-state index contributed by atoms with van der Waals surface area (Å²) in [5, 5.41) is 9.19. The van der Waals surface area contributed by atoms with Crippen LogP contribution in [0.3, 0.4) is 0 Å². The summed E-state index contributed by atoms with van der Waals surface area (Å²) in [6, 6.07) is 0. The van der Waals surface area contributed by atoms with E-state index in [1.165, 1.54) is 6.92 Å². The van der Waals surface area contributed by atoms with Gasteiger partial charge in [-0.3, -0.25) is 4.79 Å². The van der Waals surface area contributed by atoms with Crippen LogP contribution >= 0.6 is 0 Å². The number of aliphatic hydroxyl groups excluding tert-OH is 1. The van der Waals surface area contributed by atoms with E-state index in [1.54, 1.807) is 0 Å². The molecule has 0 aromatic heterocycles. The van der Waals surface area contributed by atoms with Crippen LogP contribution in [0, 0.1) is 11.8 Å². The van der Waals surface area contributed by atoms with E-state index in [0.29, 0.717) is 18.4 Å². The molecule has 0 heterocycles. The van der Waals surface area contributed by atoms with Crippen molar-refractivity contribution in [2.75, 3.05) is 13.2 Å². The van der Waals surface area contributed by atoms with Gasteiger partial charge in [0.15, 0.2) is 0 Å². The fourth-order valence-electron chi connectivity index (χ4n) is 2.29. The van der Waals surface area contributed by atoms with Gasteiger partial charge >= 0.3 is 5.97 Å². The molecule has 0 radical (unpaired) electrons. The number of hydrogen-bond donors (Lipinski definition) is 1. The molecule has 2 atom stereocenters. The van der Waals surface area contributed by atoms with Gasteiger partial charge < -0.3 is 9.84 Å². The van der Waals surface area contributed by atoms with Crippen LogP contribution in [0.25, 0.3) is 0 Å². The summed E-state index contributed by atoms with van der Waals surface area (Å²) >= 11 is 0. The number of carbonyl (C=O) groups excluding carboxylic acids is 1. The topological polar surface area (TPSA) is 46.5 Å². The number of fused-ring (bicyclic) bond motifs is 2. The molecule has 0 saturated heterocycles. The molecular weight excluding hydrogens is 180 g/mol. The van der Waals surface area contributed by atoms with Gasteiger partial charge in [0.25, 0.3) is 0 Å². The molecule has 0 aromatic carbocycles. The van der Waals surface area contributed by atoms with E-state index in [-0.39, 0.29) is 12.6 Å². The first-order chi connectivity index (χ1) is 6.72. The summed E-state index contributed by atoms with van der Waals surface area (Å²) in [5.41, 5.74) is 2.16. The van der Waals surface area contributed by atoms with E-state index < -0.39 is 0 Å². The lowest BCUT2D eigenvalue weighted by Crippen LogP contribution is -2.10. The largest absolute Gasteiger partial charge is 0.461 e. The number of carbonyl (C=O) groups is 1. The third-order valence-electron chi connectivity index (χ3n) is 2.99. The Morgan fingerprint density at radius 3 is 2.71 bits per heavy atom. The van der Waals surface area contributed by atoms with Crippen molar-refractivity contribution in [1.82, 2.24) is 0 Å². The molecule has 0 fully saturated rings. The van der Waals surface area contributed by atoms with E-state index >= 15 is 0 Å². The summed E-state index contributed by atoms with van der Waals surface area (Å²) in [7, 11) is 0. The van der Waals surface area contributed by atoms with Gasteiger partial charge in [0.1, 0.15) is 6.61 Å². The van der Waals surface area contributed by atoms with Crippen molar-refractivity contribution in [3.05, 3.63) is 23.3 Å². The molecule has 1 N–H and O–H groups in total. The lowest BCUT2D eigenvalue weighted by Gasteiger charge is -2.14. The summed E-state index contributed by atoms with van der Waals surface area (Å²) < 4.78 is 4.97. The number of allylic oxidation sites excluding steroid dienone is 2. The highest BCUT2D eigenvalue weighted by atomic mass is 16.5. The normalized spacial score (nSPS) is 28.7. The SMILES string of the molecule is CC(=O)OCC1=C(CO)[C@H]2C=C[C@@H]1C2. The molecule has 0 spiro atoms. The van der Waals surface area contributed by atoms with Gasteiger partial charge in [-0.25, -0.2) is 0 Å². The molecular formula is C11H14O3. The maximum absolute atomic E-state index is 10.7. The van der Waals surface area contributed by atoms with Gasteiger partial charge in [-0.15, -0.1) is 0 Å². The number of aliphatic hydroxyl groups is 1. The van der Waals surface area contributed by atoms with Crippen molar-refractivity contribution in [2.45, 2.75) is 13.3 Å². The van der Waals surface area contributed by atoms with Crippen LogP contribution < -0.4 is 0 Å². The molecule has 2 rings (SSSR count). The fourth-order valence-corrected chi connectivity index (χ4v) is 2.29. The molecule has 2 aliphatic rings. The van der Waals surface area contributed by atoms with Crippen molar-refractivity contribution in [3.63, 3.8) is 0 Å². The zero-order valence-corrected chi connectivity index (χ0v) is 8.19. The molecule has 0 aromatic rings. The molecule has 0 saturated carbocycles. The Bertz CT molecular complexity index is 314. The van der Waals surface area contributed by atoms with Crippen molar-refractivity contribution in [2.24, 2.45) is 11.8 Å². The van der Waals surface area contributed by atoms with Crippen molar-refractivity contribution >= 4 is 5.97 Å².